The molecule has 0 bridgehead atoms. The van der Waals surface area contributed by atoms with Crippen LogP contribution in [0.1, 0.15) is 35.2 Å². The summed E-state index contributed by atoms with van der Waals surface area (Å²) in [6, 6.07) is 9.86. The van der Waals surface area contributed by atoms with E-state index >= 15 is 0 Å². The molecule has 1 unspecified atom stereocenters. The zero-order valence-corrected chi connectivity index (χ0v) is 24.0. The van der Waals surface area contributed by atoms with E-state index in [0.717, 1.165) is 41.6 Å². The zero-order chi connectivity index (χ0) is 26.7. The molecule has 8 nitrogen and oxygen atoms in total. The maximum absolute atomic E-state index is 13.7. The summed E-state index contributed by atoms with van der Waals surface area (Å²) in [5.74, 6) is -0.224. The number of rotatable bonds is 10. The van der Waals surface area contributed by atoms with Crippen LogP contribution in [0.25, 0.3) is 10.2 Å². The third kappa shape index (κ3) is 6.50. The van der Waals surface area contributed by atoms with Crippen LogP contribution >= 0.6 is 22.9 Å². The van der Waals surface area contributed by atoms with E-state index in [1.807, 2.05) is 33.2 Å². The summed E-state index contributed by atoms with van der Waals surface area (Å²) in [4.78, 5) is 22.3. The number of ether oxygens (including phenoxy) is 1. The SMILES string of the molecule is Cc1cc(Cl)cc2sc(N(CCCN(C)C)C(=O)c3ccc(S(=O)(=O)N(C)CC4CCCO4)cc3)nc12. The molecular weight excluding hydrogens is 532 g/mol. The molecule has 0 N–H and O–H groups in total. The van der Waals surface area contributed by atoms with Crippen molar-refractivity contribution in [1.29, 1.82) is 0 Å². The van der Waals surface area contributed by atoms with Gasteiger partial charge in [0.25, 0.3) is 5.91 Å². The highest BCUT2D eigenvalue weighted by molar-refractivity contribution is 7.89. The van der Waals surface area contributed by atoms with E-state index in [4.69, 9.17) is 21.3 Å². The number of hydrogen-bond donors (Lipinski definition) is 0. The Morgan fingerprint density at radius 3 is 2.54 bits per heavy atom. The quantitative estimate of drug-likeness (QED) is 0.356. The highest BCUT2D eigenvalue weighted by Crippen LogP contribution is 2.34. The van der Waals surface area contributed by atoms with E-state index in [1.165, 1.54) is 27.8 Å². The van der Waals surface area contributed by atoms with E-state index in [1.54, 1.807) is 24.1 Å². The fourth-order valence-corrected chi connectivity index (χ4v) is 7.01. The molecule has 37 heavy (non-hydrogen) atoms. The minimum Gasteiger partial charge on any atom is -0.377 e. The van der Waals surface area contributed by atoms with Gasteiger partial charge in [-0.3, -0.25) is 9.69 Å². The van der Waals surface area contributed by atoms with Crippen LogP contribution in [0.2, 0.25) is 5.02 Å². The summed E-state index contributed by atoms with van der Waals surface area (Å²) in [5.41, 5.74) is 2.18. The van der Waals surface area contributed by atoms with Gasteiger partial charge in [0, 0.05) is 37.3 Å². The molecule has 0 saturated carbocycles. The van der Waals surface area contributed by atoms with Gasteiger partial charge in [0.15, 0.2) is 5.13 Å². The molecule has 1 aromatic heterocycles. The standard InChI is InChI=1S/C26H33ClN4O4S2/c1-18-15-20(27)16-23-24(18)28-26(36-23)31(13-6-12-29(2)3)25(32)19-8-10-22(11-9-19)37(33,34)30(4)17-21-7-5-14-35-21/h8-11,15-16,21H,5-7,12-14,17H2,1-4H3. The molecular formula is C26H33ClN4O4S2. The first-order valence-corrected chi connectivity index (χ1v) is 14.9. The van der Waals surface area contributed by atoms with Crippen molar-refractivity contribution >= 4 is 54.2 Å². The van der Waals surface area contributed by atoms with E-state index in [-0.39, 0.29) is 16.9 Å². The van der Waals surface area contributed by atoms with E-state index < -0.39 is 10.0 Å². The molecule has 1 aliphatic rings. The number of amides is 1. The molecule has 1 atom stereocenters. The molecule has 2 aromatic carbocycles. The zero-order valence-electron chi connectivity index (χ0n) is 21.6. The number of carbonyl (C=O) groups excluding carboxylic acids is 1. The number of fused-ring (bicyclic) bond motifs is 1. The van der Waals surface area contributed by atoms with Gasteiger partial charge in [0.1, 0.15) is 0 Å². The lowest BCUT2D eigenvalue weighted by Gasteiger charge is -2.22. The maximum Gasteiger partial charge on any atom is 0.260 e. The van der Waals surface area contributed by atoms with Gasteiger partial charge in [0.2, 0.25) is 10.0 Å². The van der Waals surface area contributed by atoms with Gasteiger partial charge < -0.3 is 9.64 Å². The van der Waals surface area contributed by atoms with E-state index in [0.29, 0.717) is 35.4 Å². The molecule has 3 aromatic rings. The van der Waals surface area contributed by atoms with Crippen molar-refractivity contribution in [2.45, 2.75) is 37.2 Å². The smallest absolute Gasteiger partial charge is 0.260 e. The summed E-state index contributed by atoms with van der Waals surface area (Å²) in [5, 5.41) is 1.23. The van der Waals surface area contributed by atoms with Crippen molar-refractivity contribution in [1.82, 2.24) is 14.2 Å². The second kappa shape index (κ2) is 11.8. The number of aryl methyl sites for hydroxylation is 1. The highest BCUT2D eigenvalue weighted by Gasteiger charge is 2.27. The molecule has 200 valence electrons. The van der Waals surface area contributed by atoms with Crippen molar-refractivity contribution in [3.63, 3.8) is 0 Å². The van der Waals surface area contributed by atoms with E-state index in [9.17, 15) is 13.2 Å². The Balaban J connectivity index is 1.58. The number of carbonyl (C=O) groups is 1. The molecule has 2 heterocycles. The Morgan fingerprint density at radius 1 is 1.16 bits per heavy atom. The van der Waals surface area contributed by atoms with E-state index in [2.05, 4.69) is 4.90 Å². The predicted octanol–water partition coefficient (Wildman–Crippen LogP) is 4.66. The number of thiazole rings is 1. The molecule has 11 heteroatoms. The van der Waals surface area contributed by atoms with Crippen LogP contribution in [0, 0.1) is 6.92 Å². The van der Waals surface area contributed by atoms with Crippen LogP contribution in [-0.4, -0.2) is 82.0 Å². The molecule has 0 aliphatic carbocycles. The average Bonchev–Trinajstić information content (AvgIpc) is 3.51. The van der Waals surface area contributed by atoms with Gasteiger partial charge >= 0.3 is 0 Å². The lowest BCUT2D eigenvalue weighted by Crippen LogP contribution is -2.34. The van der Waals surface area contributed by atoms with Crippen LogP contribution in [0.15, 0.2) is 41.3 Å². The number of likely N-dealkylation sites (N-methyl/N-ethyl adjacent to an activating group) is 1. The van der Waals surface area contributed by atoms with Gasteiger partial charge in [-0.25, -0.2) is 13.4 Å². The number of aromatic nitrogens is 1. The summed E-state index contributed by atoms with van der Waals surface area (Å²) >= 11 is 7.67. The van der Waals surface area contributed by atoms with Crippen LogP contribution in [0.3, 0.4) is 0 Å². The van der Waals surface area contributed by atoms with Gasteiger partial charge in [-0.05, 0) is 88.8 Å². The normalized spacial score (nSPS) is 16.2. The lowest BCUT2D eigenvalue weighted by molar-refractivity contribution is 0.0978. The molecule has 0 spiro atoms. The third-order valence-electron chi connectivity index (χ3n) is 6.40. The van der Waals surface area contributed by atoms with Crippen molar-refractivity contribution in [3.8, 4) is 0 Å². The summed E-state index contributed by atoms with van der Waals surface area (Å²) in [6.45, 7) is 4.22. The fourth-order valence-electron chi connectivity index (χ4n) is 4.37. The molecule has 1 aliphatic heterocycles. The number of nitrogens with zero attached hydrogens (tertiary/aromatic N) is 4. The number of hydrogen-bond acceptors (Lipinski definition) is 7. The number of benzene rings is 2. The fraction of sp³-hybridized carbons (Fsp3) is 0.462. The van der Waals surface area contributed by atoms with Crippen molar-refractivity contribution < 1.29 is 17.9 Å². The van der Waals surface area contributed by atoms with Gasteiger partial charge in [-0.2, -0.15) is 4.31 Å². The number of halogens is 1. The Morgan fingerprint density at radius 2 is 1.89 bits per heavy atom. The Labute approximate surface area is 227 Å². The Hall–Kier alpha value is -2.08. The molecule has 4 rings (SSSR count). The summed E-state index contributed by atoms with van der Waals surface area (Å²) < 4.78 is 34.0. The Kier molecular flexibility index (Phi) is 8.88. The maximum atomic E-state index is 13.7. The molecule has 1 amide bonds. The Bertz CT molecular complexity index is 1350. The van der Waals surface area contributed by atoms with Crippen molar-refractivity contribution in [3.05, 3.63) is 52.5 Å². The summed E-state index contributed by atoms with van der Waals surface area (Å²) in [7, 11) is 1.85. The number of sulfonamides is 1. The van der Waals surface area contributed by atoms with Crippen molar-refractivity contribution in [2.75, 3.05) is 52.3 Å². The van der Waals surface area contributed by atoms with Crippen LogP contribution in [0.5, 0.6) is 0 Å². The van der Waals surface area contributed by atoms with Crippen LogP contribution in [0.4, 0.5) is 5.13 Å². The second-order valence-electron chi connectivity index (χ2n) is 9.62. The monoisotopic (exact) mass is 564 g/mol. The first-order valence-electron chi connectivity index (χ1n) is 12.3. The van der Waals surface area contributed by atoms with Crippen molar-refractivity contribution in [2.24, 2.45) is 0 Å². The summed E-state index contributed by atoms with van der Waals surface area (Å²) in [6.07, 6.45) is 2.48. The second-order valence-corrected chi connectivity index (χ2v) is 13.1. The molecule has 1 saturated heterocycles. The van der Waals surface area contributed by atoms with Gasteiger partial charge in [-0.1, -0.05) is 22.9 Å². The molecule has 1 fully saturated rings. The topological polar surface area (TPSA) is 83.1 Å². The molecule has 0 radical (unpaired) electrons. The van der Waals surface area contributed by atoms with Crippen LogP contribution in [-0.2, 0) is 14.8 Å². The number of anilines is 1. The first-order chi connectivity index (χ1) is 17.6. The highest BCUT2D eigenvalue weighted by atomic mass is 35.5. The first kappa shape index (κ1) is 27.9. The predicted molar refractivity (Wildman–Crippen MR) is 149 cm³/mol. The average molecular weight is 565 g/mol. The lowest BCUT2D eigenvalue weighted by atomic mass is 10.2. The third-order valence-corrected chi connectivity index (χ3v) is 9.48. The van der Waals surface area contributed by atoms with Gasteiger partial charge in [0.05, 0.1) is 21.2 Å². The minimum absolute atomic E-state index is 0.0799. The van der Waals surface area contributed by atoms with Gasteiger partial charge in [-0.15, -0.1) is 0 Å². The largest absolute Gasteiger partial charge is 0.377 e. The minimum atomic E-state index is -3.69. The van der Waals surface area contributed by atoms with Crippen LogP contribution < -0.4 is 4.90 Å².